The monoisotopic (exact) mass is 440 g/mol. The predicted molar refractivity (Wildman–Crippen MR) is 116 cm³/mol. The topological polar surface area (TPSA) is 76.9 Å². The van der Waals surface area contributed by atoms with Crippen LogP contribution in [0.2, 0.25) is 0 Å². The average molecular weight is 440 g/mol. The van der Waals surface area contributed by atoms with Gasteiger partial charge in [-0.05, 0) is 51.3 Å². The molecule has 7 nitrogen and oxygen atoms in total. The minimum Gasteiger partial charge on any atom is -0.370 e. The molecule has 0 radical (unpaired) electrons. The van der Waals surface area contributed by atoms with Crippen LogP contribution in [0.25, 0.3) is 11.2 Å². The summed E-state index contributed by atoms with van der Waals surface area (Å²) in [5, 5.41) is 0. The van der Waals surface area contributed by atoms with E-state index >= 15 is 0 Å². The number of rotatable bonds is 4. The van der Waals surface area contributed by atoms with Gasteiger partial charge in [0.2, 0.25) is 12.4 Å². The number of alkyl halides is 2. The molecule has 1 saturated carbocycles. The Morgan fingerprint density at radius 3 is 2.59 bits per heavy atom. The molecule has 1 atom stereocenters. The lowest BCUT2D eigenvalue weighted by molar-refractivity contribution is 0.0220. The molecule has 3 aromatic rings. The highest BCUT2D eigenvalue weighted by molar-refractivity contribution is 5.75. The third-order valence-electron chi connectivity index (χ3n) is 6.52. The van der Waals surface area contributed by atoms with Gasteiger partial charge < -0.3 is 9.64 Å². The second-order valence-corrected chi connectivity index (χ2v) is 8.77. The van der Waals surface area contributed by atoms with Crippen molar-refractivity contribution in [2.45, 2.75) is 52.1 Å². The SMILES string of the molecule is Cc1cc(C2CN(c3nc(C4CC(C(F)F)C4)c4nc(C)c(C)nc4n3)CCO2)ccn1. The van der Waals surface area contributed by atoms with Crippen LogP contribution in [0.15, 0.2) is 18.3 Å². The van der Waals surface area contributed by atoms with Crippen LogP contribution in [0.4, 0.5) is 14.7 Å². The maximum atomic E-state index is 13.1. The molecule has 32 heavy (non-hydrogen) atoms. The van der Waals surface area contributed by atoms with Gasteiger partial charge in [-0.3, -0.25) is 4.98 Å². The molecular weight excluding hydrogens is 414 g/mol. The zero-order chi connectivity index (χ0) is 22.4. The van der Waals surface area contributed by atoms with Crippen LogP contribution in [0.3, 0.4) is 0 Å². The van der Waals surface area contributed by atoms with Gasteiger partial charge in [-0.1, -0.05) is 0 Å². The lowest BCUT2D eigenvalue weighted by Gasteiger charge is -2.36. The van der Waals surface area contributed by atoms with Crippen molar-refractivity contribution in [2.75, 3.05) is 24.6 Å². The Morgan fingerprint density at radius 1 is 1.06 bits per heavy atom. The maximum Gasteiger partial charge on any atom is 0.241 e. The van der Waals surface area contributed by atoms with Crippen LogP contribution in [0.5, 0.6) is 0 Å². The summed E-state index contributed by atoms with van der Waals surface area (Å²) in [4.78, 5) is 25.3. The Balaban J connectivity index is 1.50. The third kappa shape index (κ3) is 3.90. The molecular formula is C23H26F2N6O. The van der Waals surface area contributed by atoms with Gasteiger partial charge in [-0.15, -0.1) is 0 Å². The van der Waals surface area contributed by atoms with Gasteiger partial charge in [0, 0.05) is 30.3 Å². The normalized spacial score (nSPS) is 23.6. The van der Waals surface area contributed by atoms with E-state index in [9.17, 15) is 8.78 Å². The number of fused-ring (bicyclic) bond motifs is 1. The fourth-order valence-electron chi connectivity index (χ4n) is 4.44. The summed E-state index contributed by atoms with van der Waals surface area (Å²) in [7, 11) is 0. The summed E-state index contributed by atoms with van der Waals surface area (Å²) in [5.41, 5.74) is 5.50. The standard InChI is InChI=1S/C23H26F2N6O/c1-12-8-15(4-5-26-12)18-11-31(6-7-32-18)23-29-19(16-9-17(10-16)21(24)25)20-22(30-23)28-14(3)13(2)27-20/h4-5,8,16-18,21H,6-7,9-11H2,1-3H3. The van der Waals surface area contributed by atoms with E-state index in [2.05, 4.69) is 19.9 Å². The number of hydrogen-bond acceptors (Lipinski definition) is 7. The van der Waals surface area contributed by atoms with Crippen LogP contribution in [0.1, 0.15) is 53.2 Å². The molecule has 1 saturated heterocycles. The first kappa shape index (κ1) is 21.1. The quantitative estimate of drug-likeness (QED) is 0.605. The number of nitrogens with zero attached hydrogens (tertiary/aromatic N) is 6. The molecule has 2 fully saturated rings. The van der Waals surface area contributed by atoms with Crippen LogP contribution in [-0.2, 0) is 4.74 Å². The van der Waals surface area contributed by atoms with Gasteiger partial charge in [0.05, 0.1) is 30.2 Å². The smallest absolute Gasteiger partial charge is 0.241 e. The first-order valence-electron chi connectivity index (χ1n) is 11.0. The van der Waals surface area contributed by atoms with Crippen molar-refractivity contribution >= 4 is 17.1 Å². The number of hydrogen-bond donors (Lipinski definition) is 0. The molecule has 3 aromatic heterocycles. The van der Waals surface area contributed by atoms with E-state index in [0.29, 0.717) is 49.7 Å². The van der Waals surface area contributed by atoms with Gasteiger partial charge >= 0.3 is 0 Å². The minimum absolute atomic E-state index is 0.0469. The Morgan fingerprint density at radius 2 is 1.84 bits per heavy atom. The number of pyridine rings is 1. The maximum absolute atomic E-state index is 13.1. The van der Waals surface area contributed by atoms with Gasteiger partial charge in [0.1, 0.15) is 11.6 Å². The highest BCUT2D eigenvalue weighted by atomic mass is 19.3. The van der Waals surface area contributed by atoms with Gasteiger partial charge in [-0.2, -0.15) is 4.98 Å². The number of ether oxygens (including phenoxy) is 1. The molecule has 0 bridgehead atoms. The molecule has 0 N–H and O–H groups in total. The molecule has 0 aromatic carbocycles. The molecule has 168 valence electrons. The van der Waals surface area contributed by atoms with E-state index in [4.69, 9.17) is 14.7 Å². The summed E-state index contributed by atoms with van der Waals surface area (Å²) >= 11 is 0. The van der Waals surface area contributed by atoms with E-state index in [1.54, 1.807) is 6.20 Å². The summed E-state index contributed by atoms with van der Waals surface area (Å²) in [6.07, 6.45) is 0.206. The molecule has 0 amide bonds. The molecule has 5 rings (SSSR count). The van der Waals surface area contributed by atoms with Crippen LogP contribution in [-0.4, -0.2) is 51.0 Å². The van der Waals surface area contributed by atoms with Crippen molar-refractivity contribution in [3.8, 4) is 0 Å². The number of morpholine rings is 1. The van der Waals surface area contributed by atoms with Crippen LogP contribution >= 0.6 is 0 Å². The highest BCUT2D eigenvalue weighted by Gasteiger charge is 2.39. The third-order valence-corrected chi connectivity index (χ3v) is 6.52. The summed E-state index contributed by atoms with van der Waals surface area (Å²) in [5.74, 6) is -0.0605. The number of anilines is 1. The molecule has 1 aliphatic carbocycles. The van der Waals surface area contributed by atoms with E-state index in [-0.39, 0.29) is 12.0 Å². The molecule has 9 heteroatoms. The first-order valence-corrected chi connectivity index (χ1v) is 11.0. The molecule has 1 unspecified atom stereocenters. The average Bonchev–Trinajstić information content (AvgIpc) is 2.73. The van der Waals surface area contributed by atoms with Crippen molar-refractivity contribution < 1.29 is 13.5 Å². The summed E-state index contributed by atoms with van der Waals surface area (Å²) in [6.45, 7) is 7.53. The van der Waals surface area contributed by atoms with E-state index in [1.807, 2.05) is 32.9 Å². The molecule has 1 aliphatic heterocycles. The van der Waals surface area contributed by atoms with Crippen molar-refractivity contribution in [1.29, 1.82) is 0 Å². The fourth-order valence-corrected chi connectivity index (χ4v) is 4.44. The Bertz CT molecular complexity index is 1150. The zero-order valence-electron chi connectivity index (χ0n) is 18.4. The second-order valence-electron chi connectivity index (χ2n) is 8.77. The highest BCUT2D eigenvalue weighted by Crippen LogP contribution is 2.45. The second kappa shape index (κ2) is 8.27. The number of aromatic nitrogens is 5. The van der Waals surface area contributed by atoms with E-state index in [0.717, 1.165) is 28.3 Å². The lowest BCUT2D eigenvalue weighted by Crippen LogP contribution is -2.40. The Hall–Kier alpha value is -2.81. The number of aryl methyl sites for hydroxylation is 3. The van der Waals surface area contributed by atoms with Crippen molar-refractivity contribution in [3.63, 3.8) is 0 Å². The summed E-state index contributed by atoms with van der Waals surface area (Å²) in [6, 6.07) is 3.99. The zero-order valence-corrected chi connectivity index (χ0v) is 18.4. The van der Waals surface area contributed by atoms with Gasteiger partial charge in [0.15, 0.2) is 5.65 Å². The van der Waals surface area contributed by atoms with Crippen LogP contribution in [0, 0.1) is 26.7 Å². The van der Waals surface area contributed by atoms with E-state index in [1.165, 1.54) is 0 Å². The number of halogens is 2. The molecule has 2 aliphatic rings. The first-order chi connectivity index (χ1) is 15.4. The lowest BCUT2D eigenvalue weighted by atomic mass is 9.73. The van der Waals surface area contributed by atoms with Gasteiger partial charge in [-0.25, -0.2) is 23.7 Å². The minimum atomic E-state index is -2.29. The molecule has 0 spiro atoms. The Kier molecular flexibility index (Phi) is 5.44. The Labute approximate surface area is 185 Å². The fraction of sp³-hybridized carbons (Fsp3) is 0.522. The van der Waals surface area contributed by atoms with Crippen LogP contribution < -0.4 is 4.90 Å². The largest absolute Gasteiger partial charge is 0.370 e. The molecule has 4 heterocycles. The predicted octanol–water partition coefficient (Wildman–Crippen LogP) is 4.08. The summed E-state index contributed by atoms with van der Waals surface area (Å²) < 4.78 is 32.2. The van der Waals surface area contributed by atoms with Gasteiger partial charge in [0.25, 0.3) is 0 Å². The van der Waals surface area contributed by atoms with E-state index < -0.39 is 12.3 Å². The van der Waals surface area contributed by atoms with Crippen molar-refractivity contribution in [2.24, 2.45) is 5.92 Å². The van der Waals surface area contributed by atoms with Crippen molar-refractivity contribution in [3.05, 3.63) is 46.7 Å². The van der Waals surface area contributed by atoms with Crippen molar-refractivity contribution in [1.82, 2.24) is 24.9 Å².